The highest BCUT2D eigenvalue weighted by Gasteiger charge is 2.24. The van der Waals surface area contributed by atoms with Crippen molar-refractivity contribution < 1.29 is 17.9 Å². The number of anilines is 1. The fraction of sp³-hybridized carbons (Fsp3) is 0.458. The number of hydrogen-bond donors (Lipinski definition) is 1. The van der Waals surface area contributed by atoms with Crippen LogP contribution in [0.1, 0.15) is 31.2 Å². The molecule has 2 aromatic rings. The highest BCUT2D eigenvalue weighted by molar-refractivity contribution is 7.89. The first-order chi connectivity index (χ1) is 15.8. The molecule has 0 bridgehead atoms. The lowest BCUT2D eigenvalue weighted by molar-refractivity contribution is -0.133. The summed E-state index contributed by atoms with van der Waals surface area (Å²) in [6.07, 6.45) is 3.89. The first-order valence-electron chi connectivity index (χ1n) is 11.4. The minimum atomic E-state index is -3.54. The number of benzene rings is 2. The van der Waals surface area contributed by atoms with Crippen molar-refractivity contribution in [2.45, 2.75) is 43.5 Å². The molecule has 1 saturated carbocycles. The van der Waals surface area contributed by atoms with Crippen molar-refractivity contribution in [1.29, 1.82) is 0 Å². The molecule has 2 fully saturated rings. The van der Waals surface area contributed by atoms with Gasteiger partial charge < -0.3 is 14.5 Å². The van der Waals surface area contributed by atoms with Crippen molar-refractivity contribution in [1.82, 2.24) is 9.62 Å². The Labute approximate surface area is 200 Å². The molecule has 1 aliphatic heterocycles. The summed E-state index contributed by atoms with van der Waals surface area (Å²) in [6, 6.07) is 12.1. The zero-order valence-corrected chi connectivity index (χ0v) is 20.4. The van der Waals surface area contributed by atoms with E-state index in [1.165, 1.54) is 12.1 Å². The average Bonchev–Trinajstić information content (AvgIpc) is 3.32. The van der Waals surface area contributed by atoms with E-state index in [2.05, 4.69) is 16.5 Å². The van der Waals surface area contributed by atoms with Crippen LogP contribution in [0, 0.1) is 6.92 Å². The van der Waals surface area contributed by atoms with Gasteiger partial charge in [-0.1, -0.05) is 30.5 Å². The molecule has 7 nitrogen and oxygen atoms in total. The standard InChI is InChI=1S/C24H30ClN3O4S/c1-18-6-7-19(25)16-23(18)27-12-14-28(15-13-27)24(29)17-32-21-8-10-22(11-9-21)33(30,31)26-20-4-2-3-5-20/h6-11,16,20,26H,2-5,12-15,17H2,1H3. The molecule has 0 atom stereocenters. The van der Waals surface area contributed by atoms with Crippen LogP contribution in [0.4, 0.5) is 5.69 Å². The van der Waals surface area contributed by atoms with E-state index in [4.69, 9.17) is 16.3 Å². The molecule has 1 aliphatic carbocycles. The van der Waals surface area contributed by atoms with E-state index in [0.29, 0.717) is 23.9 Å². The maximum atomic E-state index is 12.6. The van der Waals surface area contributed by atoms with Crippen LogP contribution < -0.4 is 14.4 Å². The van der Waals surface area contributed by atoms with Gasteiger partial charge in [-0.25, -0.2) is 13.1 Å². The van der Waals surface area contributed by atoms with Gasteiger partial charge in [0.05, 0.1) is 4.90 Å². The summed E-state index contributed by atoms with van der Waals surface area (Å²) < 4.78 is 33.4. The molecular weight excluding hydrogens is 462 g/mol. The van der Waals surface area contributed by atoms with Crippen LogP contribution in [-0.4, -0.2) is 58.1 Å². The fourth-order valence-corrected chi connectivity index (χ4v) is 5.87. The number of piperazine rings is 1. The number of carbonyl (C=O) groups is 1. The van der Waals surface area contributed by atoms with E-state index in [-0.39, 0.29) is 23.5 Å². The fourth-order valence-electron chi connectivity index (χ4n) is 4.40. The highest BCUT2D eigenvalue weighted by atomic mass is 35.5. The maximum Gasteiger partial charge on any atom is 0.260 e. The summed E-state index contributed by atoms with van der Waals surface area (Å²) in [5.41, 5.74) is 2.26. The number of hydrogen-bond acceptors (Lipinski definition) is 5. The SMILES string of the molecule is Cc1ccc(Cl)cc1N1CCN(C(=O)COc2ccc(S(=O)(=O)NC3CCCC3)cc2)CC1. The average molecular weight is 492 g/mol. The van der Waals surface area contributed by atoms with Crippen molar-refractivity contribution >= 4 is 33.2 Å². The molecule has 4 rings (SSSR count). The number of halogens is 1. The van der Waals surface area contributed by atoms with Gasteiger partial charge >= 0.3 is 0 Å². The van der Waals surface area contributed by atoms with Crippen LogP contribution in [-0.2, 0) is 14.8 Å². The minimum Gasteiger partial charge on any atom is -0.484 e. The summed E-state index contributed by atoms with van der Waals surface area (Å²) in [4.78, 5) is 16.9. The normalized spacial score (nSPS) is 17.4. The molecule has 33 heavy (non-hydrogen) atoms. The second kappa shape index (κ2) is 10.3. The van der Waals surface area contributed by atoms with Gasteiger partial charge in [-0.3, -0.25) is 4.79 Å². The molecule has 1 heterocycles. The Kier molecular flexibility index (Phi) is 7.46. The molecule has 1 amide bonds. The van der Waals surface area contributed by atoms with Crippen LogP contribution >= 0.6 is 11.6 Å². The molecule has 0 unspecified atom stereocenters. The van der Waals surface area contributed by atoms with Crippen molar-refractivity contribution in [2.24, 2.45) is 0 Å². The smallest absolute Gasteiger partial charge is 0.260 e. The van der Waals surface area contributed by atoms with E-state index in [9.17, 15) is 13.2 Å². The van der Waals surface area contributed by atoms with Gasteiger partial charge in [-0.05, 0) is 61.7 Å². The van der Waals surface area contributed by atoms with Gasteiger partial charge in [0.15, 0.2) is 6.61 Å². The van der Waals surface area contributed by atoms with E-state index >= 15 is 0 Å². The summed E-state index contributed by atoms with van der Waals surface area (Å²) in [7, 11) is -3.54. The third-order valence-electron chi connectivity index (χ3n) is 6.32. The Morgan fingerprint density at radius 3 is 2.39 bits per heavy atom. The number of sulfonamides is 1. The van der Waals surface area contributed by atoms with Crippen LogP contribution in [0.3, 0.4) is 0 Å². The largest absolute Gasteiger partial charge is 0.484 e. The van der Waals surface area contributed by atoms with Gasteiger partial charge in [0.2, 0.25) is 10.0 Å². The van der Waals surface area contributed by atoms with Gasteiger partial charge in [0, 0.05) is 42.9 Å². The Morgan fingerprint density at radius 1 is 1.06 bits per heavy atom. The Hall–Kier alpha value is -2.29. The molecule has 1 saturated heterocycles. The van der Waals surface area contributed by atoms with E-state index in [0.717, 1.165) is 50.0 Å². The van der Waals surface area contributed by atoms with Crippen LogP contribution in [0.15, 0.2) is 47.4 Å². The zero-order chi connectivity index (χ0) is 23.4. The van der Waals surface area contributed by atoms with Gasteiger partial charge in [0.25, 0.3) is 5.91 Å². The first-order valence-corrected chi connectivity index (χ1v) is 13.2. The number of carbonyl (C=O) groups excluding carboxylic acids is 1. The number of aryl methyl sites for hydroxylation is 1. The quantitative estimate of drug-likeness (QED) is 0.640. The predicted octanol–water partition coefficient (Wildman–Crippen LogP) is 3.60. The van der Waals surface area contributed by atoms with Gasteiger partial charge in [-0.2, -0.15) is 0 Å². The topological polar surface area (TPSA) is 79.0 Å². The molecule has 0 radical (unpaired) electrons. The number of nitrogens with zero attached hydrogens (tertiary/aromatic N) is 2. The maximum absolute atomic E-state index is 12.6. The molecule has 9 heteroatoms. The highest BCUT2D eigenvalue weighted by Crippen LogP contribution is 2.25. The number of ether oxygens (including phenoxy) is 1. The number of amides is 1. The lowest BCUT2D eigenvalue weighted by Gasteiger charge is -2.36. The number of nitrogens with one attached hydrogen (secondary N) is 1. The van der Waals surface area contributed by atoms with E-state index in [1.54, 1.807) is 17.0 Å². The lowest BCUT2D eigenvalue weighted by Crippen LogP contribution is -2.50. The summed E-state index contributed by atoms with van der Waals surface area (Å²) in [5, 5.41) is 0.704. The van der Waals surface area contributed by atoms with Crippen LogP contribution in [0.2, 0.25) is 5.02 Å². The summed E-state index contributed by atoms with van der Waals surface area (Å²) in [6.45, 7) is 4.65. The molecule has 178 valence electrons. The molecule has 0 spiro atoms. The van der Waals surface area contributed by atoms with Crippen molar-refractivity contribution in [3.05, 3.63) is 53.1 Å². The van der Waals surface area contributed by atoms with Gasteiger partial charge in [0.1, 0.15) is 5.75 Å². The Balaban J connectivity index is 1.26. The van der Waals surface area contributed by atoms with E-state index < -0.39 is 10.0 Å². The Morgan fingerprint density at radius 2 is 1.73 bits per heavy atom. The molecular formula is C24H30ClN3O4S. The lowest BCUT2D eigenvalue weighted by atomic mass is 10.1. The third-order valence-corrected chi connectivity index (χ3v) is 8.09. The second-order valence-electron chi connectivity index (χ2n) is 8.66. The van der Waals surface area contributed by atoms with E-state index in [1.807, 2.05) is 18.2 Å². The second-order valence-corrected chi connectivity index (χ2v) is 10.8. The zero-order valence-electron chi connectivity index (χ0n) is 18.8. The molecule has 2 aromatic carbocycles. The van der Waals surface area contributed by atoms with Crippen LogP contribution in [0.5, 0.6) is 5.75 Å². The molecule has 1 N–H and O–H groups in total. The molecule has 0 aromatic heterocycles. The first kappa shape index (κ1) is 23.9. The number of rotatable bonds is 7. The van der Waals surface area contributed by atoms with Crippen molar-refractivity contribution in [3.8, 4) is 5.75 Å². The monoisotopic (exact) mass is 491 g/mol. The van der Waals surface area contributed by atoms with Crippen molar-refractivity contribution in [2.75, 3.05) is 37.7 Å². The third kappa shape index (κ3) is 5.99. The minimum absolute atomic E-state index is 0.0202. The Bertz CT molecular complexity index is 1080. The predicted molar refractivity (Wildman–Crippen MR) is 129 cm³/mol. The van der Waals surface area contributed by atoms with Crippen molar-refractivity contribution in [3.63, 3.8) is 0 Å². The summed E-state index contributed by atoms with van der Waals surface area (Å²) in [5.74, 6) is 0.383. The van der Waals surface area contributed by atoms with Gasteiger partial charge in [-0.15, -0.1) is 0 Å². The van der Waals surface area contributed by atoms with Crippen LogP contribution in [0.25, 0.3) is 0 Å². The molecule has 2 aliphatic rings. The summed E-state index contributed by atoms with van der Waals surface area (Å²) >= 11 is 6.14.